The third-order valence-corrected chi connectivity index (χ3v) is 5.79. The second-order valence-electron chi connectivity index (χ2n) is 7.64. The quantitative estimate of drug-likeness (QED) is 0.868. The fourth-order valence-corrected chi connectivity index (χ4v) is 4.13. The van der Waals surface area contributed by atoms with Gasteiger partial charge in [-0.25, -0.2) is 4.68 Å². The first-order valence-corrected chi connectivity index (χ1v) is 9.72. The van der Waals surface area contributed by atoms with Crippen molar-refractivity contribution in [3.8, 4) is 0 Å². The lowest BCUT2D eigenvalue weighted by molar-refractivity contribution is 0.132. The van der Waals surface area contributed by atoms with E-state index in [1.807, 2.05) is 0 Å². The summed E-state index contributed by atoms with van der Waals surface area (Å²) in [6, 6.07) is 4.62. The Morgan fingerprint density at radius 2 is 2.00 bits per heavy atom. The molecule has 1 N–H and O–H groups in total. The molecule has 1 aliphatic heterocycles. The monoisotopic (exact) mass is 332 g/mol. The number of nitrogens with zero attached hydrogens (tertiary/aromatic N) is 3. The Kier molecular flexibility index (Phi) is 6.44. The van der Waals surface area contributed by atoms with Crippen molar-refractivity contribution >= 4 is 0 Å². The first-order valence-electron chi connectivity index (χ1n) is 9.72. The normalized spacial score (nSPS) is 28.8. The zero-order valence-corrected chi connectivity index (χ0v) is 15.0. The molecule has 134 valence electrons. The Balaban J connectivity index is 1.48. The zero-order valence-electron chi connectivity index (χ0n) is 15.0. The van der Waals surface area contributed by atoms with Crippen LogP contribution in [0.15, 0.2) is 23.1 Å². The Hall–Kier alpha value is -1.20. The maximum absolute atomic E-state index is 11.8. The van der Waals surface area contributed by atoms with Gasteiger partial charge < -0.3 is 5.32 Å². The summed E-state index contributed by atoms with van der Waals surface area (Å²) in [6.07, 6.45) is 11.0. The molecule has 24 heavy (non-hydrogen) atoms. The van der Waals surface area contributed by atoms with Gasteiger partial charge in [-0.3, -0.25) is 9.69 Å². The lowest BCUT2D eigenvalue weighted by Crippen LogP contribution is -2.49. The number of piperidine rings is 1. The molecule has 5 heteroatoms. The molecule has 0 amide bonds. The van der Waals surface area contributed by atoms with Crippen LogP contribution in [-0.4, -0.2) is 46.4 Å². The molecular weight excluding hydrogens is 300 g/mol. The fourth-order valence-electron chi connectivity index (χ4n) is 4.13. The van der Waals surface area contributed by atoms with Crippen LogP contribution in [-0.2, 0) is 6.54 Å². The highest BCUT2D eigenvalue weighted by Gasteiger charge is 2.24. The predicted molar refractivity (Wildman–Crippen MR) is 97.1 cm³/mol. The lowest BCUT2D eigenvalue weighted by Gasteiger charge is -2.37. The maximum Gasteiger partial charge on any atom is 0.266 e. The van der Waals surface area contributed by atoms with Gasteiger partial charge in [0.05, 0.1) is 6.54 Å². The first-order chi connectivity index (χ1) is 11.7. The van der Waals surface area contributed by atoms with Gasteiger partial charge in [-0.2, -0.15) is 5.10 Å². The van der Waals surface area contributed by atoms with Crippen molar-refractivity contribution in [2.45, 2.75) is 70.5 Å². The molecule has 1 saturated heterocycles. The second-order valence-corrected chi connectivity index (χ2v) is 7.64. The van der Waals surface area contributed by atoms with Crippen molar-refractivity contribution in [3.63, 3.8) is 0 Å². The molecule has 1 atom stereocenters. The summed E-state index contributed by atoms with van der Waals surface area (Å²) in [5, 5.41) is 8.00. The highest BCUT2D eigenvalue weighted by molar-refractivity contribution is 4.86. The highest BCUT2D eigenvalue weighted by Crippen LogP contribution is 2.24. The van der Waals surface area contributed by atoms with Crippen LogP contribution in [0.25, 0.3) is 0 Å². The van der Waals surface area contributed by atoms with E-state index in [4.69, 9.17) is 0 Å². The summed E-state index contributed by atoms with van der Waals surface area (Å²) in [5.74, 6) is 0.908. The molecule has 1 aromatic heterocycles. The average Bonchev–Trinajstić information content (AvgIpc) is 2.61. The lowest BCUT2D eigenvalue weighted by atomic mass is 9.87. The molecule has 1 saturated carbocycles. The Morgan fingerprint density at radius 3 is 2.79 bits per heavy atom. The summed E-state index contributed by atoms with van der Waals surface area (Å²) < 4.78 is 1.58. The number of aromatic nitrogens is 2. The SMILES string of the molecule is CC1CCC(NCC2CCCCN2CCn2ncccc2=O)CC1. The molecule has 2 heterocycles. The number of hydrogen-bond donors (Lipinski definition) is 1. The number of nitrogens with one attached hydrogen (secondary N) is 1. The van der Waals surface area contributed by atoms with Crippen LogP contribution < -0.4 is 10.9 Å². The van der Waals surface area contributed by atoms with Crippen molar-refractivity contribution < 1.29 is 0 Å². The summed E-state index contributed by atoms with van der Waals surface area (Å²) in [6.45, 7) is 6.23. The fraction of sp³-hybridized carbons (Fsp3) is 0.789. The van der Waals surface area contributed by atoms with Gasteiger partial charge >= 0.3 is 0 Å². The van der Waals surface area contributed by atoms with Crippen LogP contribution in [0.5, 0.6) is 0 Å². The van der Waals surface area contributed by atoms with E-state index in [9.17, 15) is 4.79 Å². The zero-order chi connectivity index (χ0) is 16.8. The Labute approximate surface area is 145 Å². The standard InChI is InChI=1S/C19H32N4O/c1-16-7-9-17(10-8-16)20-15-18-5-2-3-12-22(18)13-14-23-19(24)6-4-11-21-23/h4,6,11,16-18,20H,2-3,5,7-10,12-15H2,1H3. The van der Waals surface area contributed by atoms with Crippen molar-refractivity contribution in [1.82, 2.24) is 20.0 Å². The van der Waals surface area contributed by atoms with Crippen molar-refractivity contribution in [3.05, 3.63) is 28.7 Å². The minimum absolute atomic E-state index is 0.000472. The van der Waals surface area contributed by atoms with E-state index >= 15 is 0 Å². The maximum atomic E-state index is 11.8. The third kappa shape index (κ3) is 4.90. The average molecular weight is 332 g/mol. The van der Waals surface area contributed by atoms with Gasteiger partial charge in [0.15, 0.2) is 0 Å². The molecule has 0 aromatic carbocycles. The topological polar surface area (TPSA) is 50.2 Å². The van der Waals surface area contributed by atoms with Crippen LogP contribution in [0.4, 0.5) is 0 Å². The van der Waals surface area contributed by atoms with Gasteiger partial charge in [0, 0.05) is 37.4 Å². The number of hydrogen-bond acceptors (Lipinski definition) is 4. The Bertz CT molecular complexity index is 550. The summed E-state index contributed by atoms with van der Waals surface area (Å²) in [5.41, 5.74) is 0.000472. The molecule has 0 spiro atoms. The predicted octanol–water partition coefficient (Wildman–Crippen LogP) is 2.27. The minimum Gasteiger partial charge on any atom is -0.312 e. The van der Waals surface area contributed by atoms with E-state index in [-0.39, 0.29) is 5.56 Å². The summed E-state index contributed by atoms with van der Waals surface area (Å²) >= 11 is 0. The van der Waals surface area contributed by atoms with Crippen molar-refractivity contribution in [1.29, 1.82) is 0 Å². The van der Waals surface area contributed by atoms with Crippen LogP contribution >= 0.6 is 0 Å². The van der Waals surface area contributed by atoms with Gasteiger partial charge in [0.1, 0.15) is 0 Å². The number of likely N-dealkylation sites (tertiary alicyclic amines) is 1. The largest absolute Gasteiger partial charge is 0.312 e. The van der Waals surface area contributed by atoms with Crippen LogP contribution in [0, 0.1) is 5.92 Å². The summed E-state index contributed by atoms with van der Waals surface area (Å²) in [4.78, 5) is 14.4. The van der Waals surface area contributed by atoms with E-state index in [1.54, 1.807) is 23.0 Å². The molecule has 0 bridgehead atoms. The Morgan fingerprint density at radius 1 is 1.17 bits per heavy atom. The van der Waals surface area contributed by atoms with Gasteiger partial charge in [-0.1, -0.05) is 13.3 Å². The van der Waals surface area contributed by atoms with Gasteiger partial charge in [-0.15, -0.1) is 0 Å². The molecule has 1 aromatic rings. The molecule has 5 nitrogen and oxygen atoms in total. The molecule has 2 fully saturated rings. The highest BCUT2D eigenvalue weighted by atomic mass is 16.1. The molecule has 1 unspecified atom stereocenters. The molecule has 2 aliphatic rings. The third-order valence-electron chi connectivity index (χ3n) is 5.79. The van der Waals surface area contributed by atoms with E-state index < -0.39 is 0 Å². The van der Waals surface area contributed by atoms with Crippen LogP contribution in [0.2, 0.25) is 0 Å². The number of rotatable bonds is 6. The first kappa shape index (κ1) is 17.6. The second kappa shape index (κ2) is 8.77. The van der Waals surface area contributed by atoms with Gasteiger partial charge in [0.25, 0.3) is 5.56 Å². The molecule has 1 aliphatic carbocycles. The van der Waals surface area contributed by atoms with Crippen molar-refractivity contribution in [2.24, 2.45) is 5.92 Å². The molecule has 0 radical (unpaired) electrons. The van der Waals surface area contributed by atoms with E-state index in [0.29, 0.717) is 18.6 Å². The van der Waals surface area contributed by atoms with Crippen LogP contribution in [0.1, 0.15) is 51.9 Å². The van der Waals surface area contributed by atoms with Gasteiger partial charge in [0.2, 0.25) is 0 Å². The summed E-state index contributed by atoms with van der Waals surface area (Å²) in [7, 11) is 0. The molecular formula is C19H32N4O. The minimum atomic E-state index is 0.000472. The van der Waals surface area contributed by atoms with Crippen LogP contribution in [0.3, 0.4) is 0 Å². The van der Waals surface area contributed by atoms with E-state index in [2.05, 4.69) is 22.2 Å². The molecule has 3 rings (SSSR count). The van der Waals surface area contributed by atoms with Gasteiger partial charge in [-0.05, 0) is 57.1 Å². The van der Waals surface area contributed by atoms with E-state index in [1.165, 1.54) is 44.9 Å². The van der Waals surface area contributed by atoms with Crippen molar-refractivity contribution in [2.75, 3.05) is 19.6 Å². The smallest absolute Gasteiger partial charge is 0.266 e. The van der Waals surface area contributed by atoms with E-state index in [0.717, 1.165) is 25.6 Å².